The zero-order valence-electron chi connectivity index (χ0n) is 21.7. The summed E-state index contributed by atoms with van der Waals surface area (Å²) in [5.74, 6) is 1.43. The van der Waals surface area contributed by atoms with Crippen molar-refractivity contribution in [1.29, 1.82) is 0 Å². The molecule has 0 saturated heterocycles. The van der Waals surface area contributed by atoms with Crippen molar-refractivity contribution in [2.24, 2.45) is 0 Å². The molecular weight excluding hydrogens is 440 g/mol. The fourth-order valence-electron chi connectivity index (χ4n) is 4.26. The largest absolute Gasteiger partial charge is 0.494 e. The maximum absolute atomic E-state index is 13.8. The third kappa shape index (κ3) is 6.28. The maximum Gasteiger partial charge on any atom is 0.266 e. The van der Waals surface area contributed by atoms with Crippen LogP contribution in [0.25, 0.3) is 16.6 Å². The molecule has 35 heavy (non-hydrogen) atoms. The maximum atomic E-state index is 13.8. The molecule has 7 nitrogen and oxygen atoms in total. The molecule has 1 amide bonds. The monoisotopic (exact) mass is 478 g/mol. The average molecular weight is 479 g/mol. The molecule has 0 spiro atoms. The normalized spacial score (nSPS) is 12.2. The molecule has 0 aliphatic rings. The second-order valence-electron chi connectivity index (χ2n) is 8.97. The van der Waals surface area contributed by atoms with Crippen molar-refractivity contribution in [2.75, 3.05) is 33.8 Å². The van der Waals surface area contributed by atoms with E-state index in [1.165, 1.54) is 0 Å². The molecule has 1 unspecified atom stereocenters. The minimum atomic E-state index is -0.330. The van der Waals surface area contributed by atoms with Crippen molar-refractivity contribution in [3.8, 4) is 11.4 Å². The Kier molecular flexibility index (Phi) is 9.43. The topological polar surface area (TPSA) is 67.7 Å². The van der Waals surface area contributed by atoms with Gasteiger partial charge in [-0.2, -0.15) is 0 Å². The van der Waals surface area contributed by atoms with E-state index in [1.54, 1.807) is 10.6 Å². The van der Waals surface area contributed by atoms with Crippen molar-refractivity contribution in [2.45, 2.75) is 52.5 Å². The van der Waals surface area contributed by atoms with E-state index in [2.05, 4.69) is 11.8 Å². The number of ether oxygens (including phenoxy) is 1. The zero-order valence-corrected chi connectivity index (χ0v) is 21.7. The fraction of sp³-hybridized carbons (Fsp3) is 0.464. The lowest BCUT2D eigenvalue weighted by Gasteiger charge is -2.33. The van der Waals surface area contributed by atoms with Crippen molar-refractivity contribution in [3.63, 3.8) is 0 Å². The number of unbranched alkanes of at least 4 members (excludes halogenated alkanes) is 1. The van der Waals surface area contributed by atoms with Crippen LogP contribution in [0.2, 0.25) is 0 Å². The smallest absolute Gasteiger partial charge is 0.266 e. The lowest BCUT2D eigenvalue weighted by molar-refractivity contribution is -0.134. The molecule has 2 aromatic carbocycles. The van der Waals surface area contributed by atoms with Crippen LogP contribution in [0.15, 0.2) is 53.3 Å². The van der Waals surface area contributed by atoms with Crippen LogP contribution in [0.1, 0.15) is 58.3 Å². The van der Waals surface area contributed by atoms with Crippen LogP contribution >= 0.6 is 0 Å². The van der Waals surface area contributed by atoms with Crippen LogP contribution in [-0.2, 0) is 4.79 Å². The van der Waals surface area contributed by atoms with Gasteiger partial charge in [0.1, 0.15) is 11.6 Å². The van der Waals surface area contributed by atoms with Gasteiger partial charge >= 0.3 is 0 Å². The van der Waals surface area contributed by atoms with E-state index in [0.29, 0.717) is 48.4 Å². The number of carbonyl (C=O) groups excluding carboxylic acids is 1. The molecule has 1 heterocycles. The summed E-state index contributed by atoms with van der Waals surface area (Å²) in [6.45, 7) is 7.94. The van der Waals surface area contributed by atoms with Crippen LogP contribution in [0, 0.1) is 0 Å². The number of hydrogen-bond donors (Lipinski definition) is 0. The highest BCUT2D eigenvalue weighted by Gasteiger charge is 2.28. The predicted molar refractivity (Wildman–Crippen MR) is 141 cm³/mol. The van der Waals surface area contributed by atoms with Gasteiger partial charge in [-0.25, -0.2) is 4.98 Å². The first-order chi connectivity index (χ1) is 16.9. The van der Waals surface area contributed by atoms with Crippen molar-refractivity contribution < 1.29 is 9.53 Å². The molecule has 0 aliphatic heterocycles. The molecule has 0 fully saturated rings. The first-order valence-electron chi connectivity index (χ1n) is 12.6. The summed E-state index contributed by atoms with van der Waals surface area (Å²) < 4.78 is 7.27. The Morgan fingerprint density at radius 1 is 1.03 bits per heavy atom. The summed E-state index contributed by atoms with van der Waals surface area (Å²) in [6, 6.07) is 14.5. The Morgan fingerprint density at radius 3 is 2.37 bits per heavy atom. The summed E-state index contributed by atoms with van der Waals surface area (Å²) >= 11 is 0. The lowest BCUT2D eigenvalue weighted by Crippen LogP contribution is -2.41. The van der Waals surface area contributed by atoms with E-state index < -0.39 is 0 Å². The first-order valence-corrected chi connectivity index (χ1v) is 12.6. The molecule has 0 saturated carbocycles. The molecule has 3 rings (SSSR count). The Morgan fingerprint density at radius 2 is 1.74 bits per heavy atom. The van der Waals surface area contributed by atoms with Gasteiger partial charge in [0, 0.05) is 19.5 Å². The van der Waals surface area contributed by atoms with E-state index in [1.807, 2.05) is 75.3 Å². The second kappa shape index (κ2) is 12.5. The van der Waals surface area contributed by atoms with Gasteiger partial charge in [0.05, 0.1) is 29.2 Å². The summed E-state index contributed by atoms with van der Waals surface area (Å²) in [6.07, 6.45) is 2.92. The van der Waals surface area contributed by atoms with Crippen molar-refractivity contribution >= 4 is 16.8 Å². The van der Waals surface area contributed by atoms with Crippen LogP contribution < -0.4 is 10.3 Å². The number of amides is 1. The Bertz CT molecular complexity index is 1170. The number of fused-ring (bicyclic) bond motifs is 1. The quantitative estimate of drug-likeness (QED) is 0.374. The molecule has 0 bridgehead atoms. The summed E-state index contributed by atoms with van der Waals surface area (Å²) in [5, 5.41) is 0.553. The van der Waals surface area contributed by atoms with Crippen molar-refractivity contribution in [1.82, 2.24) is 19.4 Å². The summed E-state index contributed by atoms with van der Waals surface area (Å²) in [5.41, 5.74) is 1.21. The van der Waals surface area contributed by atoms with Gasteiger partial charge in [0.25, 0.3) is 5.56 Å². The Labute approximate surface area is 208 Å². The lowest BCUT2D eigenvalue weighted by atomic mass is 10.1. The van der Waals surface area contributed by atoms with Gasteiger partial charge in [-0.15, -0.1) is 0 Å². The molecular formula is C28H38N4O3. The molecule has 1 aromatic heterocycles. The predicted octanol–water partition coefficient (Wildman–Crippen LogP) is 4.82. The SMILES string of the molecule is CCCCC(=O)N(CCN(C)C)C(CC)c1nc2ccccc2c(=O)n1-c1ccc(OCC)cc1. The average Bonchev–Trinajstić information content (AvgIpc) is 2.86. The van der Waals surface area contributed by atoms with Crippen LogP contribution in [0.4, 0.5) is 0 Å². The third-order valence-electron chi connectivity index (χ3n) is 6.12. The fourth-order valence-corrected chi connectivity index (χ4v) is 4.26. The number of para-hydroxylation sites is 1. The Balaban J connectivity index is 2.20. The van der Waals surface area contributed by atoms with Gasteiger partial charge < -0.3 is 14.5 Å². The van der Waals surface area contributed by atoms with E-state index in [9.17, 15) is 9.59 Å². The van der Waals surface area contributed by atoms with Crippen molar-refractivity contribution in [3.05, 3.63) is 64.7 Å². The zero-order chi connectivity index (χ0) is 25.4. The molecule has 0 radical (unpaired) electrons. The van der Waals surface area contributed by atoms with Gasteiger partial charge in [-0.05, 0) is 70.3 Å². The Hall–Kier alpha value is -3.19. The van der Waals surface area contributed by atoms with Gasteiger partial charge in [0.15, 0.2) is 0 Å². The van der Waals surface area contributed by atoms with Crippen LogP contribution in [-0.4, -0.2) is 59.0 Å². The number of aromatic nitrogens is 2. The first kappa shape index (κ1) is 26.4. The molecule has 1 atom stereocenters. The molecule has 3 aromatic rings. The molecule has 188 valence electrons. The summed E-state index contributed by atoms with van der Waals surface area (Å²) in [4.78, 5) is 36.1. The van der Waals surface area contributed by atoms with E-state index in [0.717, 1.165) is 25.1 Å². The van der Waals surface area contributed by atoms with E-state index in [4.69, 9.17) is 9.72 Å². The highest BCUT2D eigenvalue weighted by molar-refractivity contribution is 5.79. The minimum absolute atomic E-state index is 0.0983. The summed E-state index contributed by atoms with van der Waals surface area (Å²) in [7, 11) is 4.00. The molecule has 0 aliphatic carbocycles. The molecule has 7 heteroatoms. The van der Waals surface area contributed by atoms with Gasteiger partial charge in [0.2, 0.25) is 5.91 Å². The second-order valence-corrected chi connectivity index (χ2v) is 8.97. The molecule has 0 N–H and O–H groups in total. The minimum Gasteiger partial charge on any atom is -0.494 e. The van der Waals surface area contributed by atoms with E-state index in [-0.39, 0.29) is 17.5 Å². The van der Waals surface area contributed by atoms with Gasteiger partial charge in [-0.3, -0.25) is 14.2 Å². The number of benzene rings is 2. The highest BCUT2D eigenvalue weighted by Crippen LogP contribution is 2.27. The highest BCUT2D eigenvalue weighted by atomic mass is 16.5. The number of hydrogen-bond acceptors (Lipinski definition) is 5. The number of rotatable bonds is 12. The van der Waals surface area contributed by atoms with Gasteiger partial charge in [-0.1, -0.05) is 32.4 Å². The standard InChI is InChI=1S/C28H38N4O3/c1-6-9-14-26(33)31(20-19-30(4)5)25(7-2)27-29-24-13-11-10-12-23(24)28(34)32(27)21-15-17-22(18-16-21)35-8-3/h10-13,15-18,25H,6-9,14,19-20H2,1-5H3. The third-order valence-corrected chi connectivity index (χ3v) is 6.12. The van der Waals surface area contributed by atoms with Crippen LogP contribution in [0.3, 0.4) is 0 Å². The number of carbonyl (C=O) groups is 1. The van der Waals surface area contributed by atoms with E-state index >= 15 is 0 Å². The number of nitrogens with zero attached hydrogens (tertiary/aromatic N) is 4. The van der Waals surface area contributed by atoms with Crippen LogP contribution in [0.5, 0.6) is 5.75 Å². The number of likely N-dealkylation sites (N-methyl/N-ethyl adjacent to an activating group) is 1.